The molecule has 0 spiro atoms. The van der Waals surface area contributed by atoms with Gasteiger partial charge in [0.2, 0.25) is 0 Å². The Bertz CT molecular complexity index is 411. The van der Waals surface area contributed by atoms with E-state index >= 15 is 0 Å². The second-order valence-electron chi connectivity index (χ2n) is 5.12. The quantitative estimate of drug-likeness (QED) is 0.836. The average Bonchev–Trinajstić information content (AvgIpc) is 2.85. The van der Waals surface area contributed by atoms with E-state index in [2.05, 4.69) is 10.3 Å². The van der Waals surface area contributed by atoms with E-state index in [-0.39, 0.29) is 5.41 Å². The van der Waals surface area contributed by atoms with Gasteiger partial charge in [0.15, 0.2) is 0 Å². The summed E-state index contributed by atoms with van der Waals surface area (Å²) in [5.74, 6) is 1.03. The number of alkyl halides is 4. The van der Waals surface area contributed by atoms with Crippen LogP contribution < -0.4 is 5.32 Å². The van der Waals surface area contributed by atoms with Crippen molar-refractivity contribution in [1.82, 2.24) is 4.98 Å². The van der Waals surface area contributed by atoms with Crippen molar-refractivity contribution < 1.29 is 13.2 Å². The van der Waals surface area contributed by atoms with Crippen molar-refractivity contribution in [1.29, 1.82) is 0 Å². The summed E-state index contributed by atoms with van der Waals surface area (Å²) in [6.45, 7) is 0.662. The molecule has 0 unspecified atom stereocenters. The minimum Gasteiger partial charge on any atom is -0.369 e. The Morgan fingerprint density at radius 2 is 1.95 bits per heavy atom. The molecular weight excluding hydrogens is 277 g/mol. The highest BCUT2D eigenvalue weighted by molar-refractivity contribution is 6.18. The van der Waals surface area contributed by atoms with Crippen molar-refractivity contribution in [3.8, 4) is 0 Å². The van der Waals surface area contributed by atoms with Gasteiger partial charge in [0.25, 0.3) is 0 Å². The first-order valence-electron chi connectivity index (χ1n) is 6.28. The molecule has 0 radical (unpaired) electrons. The Kier molecular flexibility index (Phi) is 4.23. The van der Waals surface area contributed by atoms with Crippen LogP contribution in [0.5, 0.6) is 0 Å². The van der Waals surface area contributed by atoms with E-state index in [9.17, 15) is 13.2 Å². The van der Waals surface area contributed by atoms with Crippen LogP contribution in [-0.4, -0.2) is 17.4 Å². The Morgan fingerprint density at radius 1 is 1.26 bits per heavy atom. The molecule has 1 aromatic heterocycles. The highest BCUT2D eigenvalue weighted by Crippen LogP contribution is 2.39. The minimum absolute atomic E-state index is 0.0614. The molecule has 1 aliphatic rings. The number of rotatable bonds is 4. The molecule has 1 fully saturated rings. The highest BCUT2D eigenvalue weighted by Gasteiger charge is 2.33. The fourth-order valence-corrected chi connectivity index (χ4v) is 2.79. The topological polar surface area (TPSA) is 24.9 Å². The standard InChI is InChI=1S/C13H16ClF3N2/c14-8-12(5-1-2-6-12)9-19-11-4-3-10(7-18-11)13(15,16)17/h3-4,7H,1-2,5-6,8-9H2,(H,18,19). The third kappa shape index (κ3) is 3.53. The molecule has 2 rings (SSSR count). The number of nitrogens with one attached hydrogen (secondary N) is 1. The van der Waals surface area contributed by atoms with Crippen molar-refractivity contribution in [2.75, 3.05) is 17.7 Å². The third-order valence-electron chi connectivity index (χ3n) is 3.68. The average molecular weight is 293 g/mol. The molecule has 0 aliphatic heterocycles. The maximum atomic E-state index is 12.4. The van der Waals surface area contributed by atoms with Crippen molar-refractivity contribution in [3.63, 3.8) is 0 Å². The largest absolute Gasteiger partial charge is 0.417 e. The fourth-order valence-electron chi connectivity index (χ4n) is 2.43. The van der Waals surface area contributed by atoms with Gasteiger partial charge in [0.1, 0.15) is 5.82 Å². The minimum atomic E-state index is -4.34. The van der Waals surface area contributed by atoms with Crippen LogP contribution in [0.1, 0.15) is 31.2 Å². The van der Waals surface area contributed by atoms with E-state index in [1.807, 2.05) is 0 Å². The normalized spacial score (nSPS) is 18.5. The maximum absolute atomic E-state index is 12.4. The summed E-state index contributed by atoms with van der Waals surface area (Å²) < 4.78 is 37.2. The van der Waals surface area contributed by atoms with E-state index < -0.39 is 11.7 Å². The molecule has 2 nitrogen and oxygen atoms in total. The summed E-state index contributed by atoms with van der Waals surface area (Å²) in [7, 11) is 0. The Morgan fingerprint density at radius 3 is 2.42 bits per heavy atom. The van der Waals surface area contributed by atoms with Gasteiger partial charge >= 0.3 is 6.18 Å². The van der Waals surface area contributed by atoms with Crippen molar-refractivity contribution >= 4 is 17.4 Å². The lowest BCUT2D eigenvalue weighted by molar-refractivity contribution is -0.137. The number of hydrogen-bond acceptors (Lipinski definition) is 2. The summed E-state index contributed by atoms with van der Waals surface area (Å²) in [6.07, 6.45) is 0.955. The van der Waals surface area contributed by atoms with Crippen LogP contribution >= 0.6 is 11.6 Å². The molecule has 0 amide bonds. The molecule has 1 N–H and O–H groups in total. The first kappa shape index (κ1) is 14.4. The lowest BCUT2D eigenvalue weighted by atomic mass is 9.88. The molecule has 1 aliphatic carbocycles. The lowest BCUT2D eigenvalue weighted by Crippen LogP contribution is -2.28. The molecule has 0 atom stereocenters. The van der Waals surface area contributed by atoms with Gasteiger partial charge in [-0.3, -0.25) is 0 Å². The molecule has 19 heavy (non-hydrogen) atoms. The summed E-state index contributed by atoms with van der Waals surface area (Å²) >= 11 is 6.01. The molecule has 1 saturated carbocycles. The third-order valence-corrected chi connectivity index (χ3v) is 4.25. The molecule has 106 valence electrons. The van der Waals surface area contributed by atoms with Crippen molar-refractivity contribution in [2.24, 2.45) is 5.41 Å². The number of pyridine rings is 1. The van der Waals surface area contributed by atoms with E-state index in [0.29, 0.717) is 18.2 Å². The van der Waals surface area contributed by atoms with Crippen LogP contribution in [0.4, 0.5) is 19.0 Å². The zero-order valence-electron chi connectivity index (χ0n) is 10.4. The van der Waals surface area contributed by atoms with Gasteiger partial charge in [-0.15, -0.1) is 11.6 Å². The predicted octanol–water partition coefficient (Wildman–Crippen LogP) is 4.31. The second kappa shape index (κ2) is 5.57. The zero-order chi connectivity index (χ0) is 13.9. The Balaban J connectivity index is 1.96. The van der Waals surface area contributed by atoms with E-state index in [1.54, 1.807) is 0 Å². The predicted molar refractivity (Wildman–Crippen MR) is 69.3 cm³/mol. The Labute approximate surface area is 115 Å². The summed E-state index contributed by atoms with van der Waals surface area (Å²) in [5.41, 5.74) is -0.669. The summed E-state index contributed by atoms with van der Waals surface area (Å²) in [5, 5.41) is 3.09. The summed E-state index contributed by atoms with van der Waals surface area (Å²) in [6, 6.07) is 2.40. The van der Waals surface area contributed by atoms with Gasteiger partial charge in [-0.05, 0) is 25.0 Å². The molecule has 6 heteroatoms. The molecule has 0 bridgehead atoms. The van der Waals surface area contributed by atoms with Crippen LogP contribution in [0.3, 0.4) is 0 Å². The number of hydrogen-bond donors (Lipinski definition) is 1. The van der Waals surface area contributed by atoms with Gasteiger partial charge in [-0.2, -0.15) is 13.2 Å². The van der Waals surface area contributed by atoms with Gasteiger partial charge in [0, 0.05) is 24.0 Å². The van der Waals surface area contributed by atoms with Crippen molar-refractivity contribution in [2.45, 2.75) is 31.9 Å². The number of nitrogens with zero attached hydrogens (tertiary/aromatic N) is 1. The smallest absolute Gasteiger partial charge is 0.369 e. The van der Waals surface area contributed by atoms with Crippen LogP contribution in [0.15, 0.2) is 18.3 Å². The highest BCUT2D eigenvalue weighted by atomic mass is 35.5. The van der Waals surface area contributed by atoms with Gasteiger partial charge in [-0.1, -0.05) is 12.8 Å². The number of halogens is 4. The molecule has 1 aromatic rings. The van der Waals surface area contributed by atoms with Gasteiger partial charge < -0.3 is 5.32 Å². The first-order valence-corrected chi connectivity index (χ1v) is 6.82. The lowest BCUT2D eigenvalue weighted by Gasteiger charge is -2.26. The van der Waals surface area contributed by atoms with Gasteiger partial charge in [-0.25, -0.2) is 4.98 Å². The molecule has 0 aromatic carbocycles. The Hall–Kier alpha value is -0.970. The first-order chi connectivity index (χ1) is 8.95. The van der Waals surface area contributed by atoms with Crippen LogP contribution in [-0.2, 0) is 6.18 Å². The second-order valence-corrected chi connectivity index (χ2v) is 5.39. The fraction of sp³-hybridized carbons (Fsp3) is 0.615. The van der Waals surface area contributed by atoms with E-state index in [0.717, 1.165) is 37.9 Å². The van der Waals surface area contributed by atoms with Crippen molar-refractivity contribution in [3.05, 3.63) is 23.9 Å². The molecule has 1 heterocycles. The van der Waals surface area contributed by atoms with Crippen LogP contribution in [0, 0.1) is 5.41 Å². The van der Waals surface area contributed by atoms with E-state index in [4.69, 9.17) is 11.6 Å². The van der Waals surface area contributed by atoms with Gasteiger partial charge in [0.05, 0.1) is 5.56 Å². The van der Waals surface area contributed by atoms with Crippen LogP contribution in [0.25, 0.3) is 0 Å². The maximum Gasteiger partial charge on any atom is 0.417 e. The summed E-state index contributed by atoms with van der Waals surface area (Å²) in [4.78, 5) is 3.80. The van der Waals surface area contributed by atoms with Crippen LogP contribution in [0.2, 0.25) is 0 Å². The number of anilines is 1. The number of aromatic nitrogens is 1. The SMILES string of the molecule is FC(F)(F)c1ccc(NCC2(CCl)CCCC2)nc1. The molecule has 0 saturated heterocycles. The monoisotopic (exact) mass is 292 g/mol. The molecular formula is C13H16ClF3N2. The van der Waals surface area contributed by atoms with E-state index in [1.165, 1.54) is 6.07 Å². The zero-order valence-corrected chi connectivity index (χ0v) is 11.2.